The first-order valence-electron chi connectivity index (χ1n) is 5.79. The summed E-state index contributed by atoms with van der Waals surface area (Å²) < 4.78 is 0. The minimum Gasteiger partial charge on any atom is -0.384 e. The fourth-order valence-electron chi connectivity index (χ4n) is 1.81. The molecule has 0 saturated carbocycles. The topological polar surface area (TPSA) is 38.7 Å². The average molecular weight is 231 g/mol. The van der Waals surface area contributed by atoms with Gasteiger partial charge >= 0.3 is 0 Å². The largest absolute Gasteiger partial charge is 0.384 e. The van der Waals surface area contributed by atoms with Crippen LogP contribution in [0.3, 0.4) is 0 Å². The Kier molecular flexibility index (Phi) is 3.01. The van der Waals surface area contributed by atoms with Crippen molar-refractivity contribution in [1.29, 1.82) is 0 Å². The second-order valence-corrected chi connectivity index (χ2v) is 5.35. The van der Waals surface area contributed by atoms with Gasteiger partial charge in [-0.3, -0.25) is 4.79 Å². The predicted octanol–water partition coefficient (Wildman–Crippen LogP) is 2.68. The zero-order valence-electron chi connectivity index (χ0n) is 10.4. The van der Waals surface area contributed by atoms with E-state index in [9.17, 15) is 4.79 Å². The Hall–Kier alpha value is -1.64. The van der Waals surface area contributed by atoms with Crippen molar-refractivity contribution in [2.45, 2.75) is 38.7 Å². The van der Waals surface area contributed by atoms with E-state index in [2.05, 4.69) is 38.1 Å². The third-order valence-electron chi connectivity index (χ3n) is 2.91. The molecule has 1 aromatic rings. The molecule has 0 bridgehead atoms. The lowest BCUT2D eigenvalue weighted by Crippen LogP contribution is -2.13. The third-order valence-corrected chi connectivity index (χ3v) is 2.91. The van der Waals surface area contributed by atoms with Crippen LogP contribution < -0.4 is 0 Å². The van der Waals surface area contributed by atoms with Crippen molar-refractivity contribution < 1.29 is 9.63 Å². The van der Waals surface area contributed by atoms with Gasteiger partial charge in [0.1, 0.15) is 0 Å². The SMILES string of the molecule is CC(C)(C)c1cccc(C2=NOC(C=O)C2)c1. The summed E-state index contributed by atoms with van der Waals surface area (Å²) in [5.41, 5.74) is 3.27. The van der Waals surface area contributed by atoms with Crippen LogP contribution in [0.25, 0.3) is 0 Å². The molecule has 0 N–H and O–H groups in total. The lowest BCUT2D eigenvalue weighted by Gasteiger charge is -2.19. The van der Waals surface area contributed by atoms with Crippen LogP contribution >= 0.6 is 0 Å². The summed E-state index contributed by atoms with van der Waals surface area (Å²) in [6.45, 7) is 6.52. The van der Waals surface area contributed by atoms with Gasteiger partial charge in [-0.15, -0.1) is 0 Å². The van der Waals surface area contributed by atoms with Gasteiger partial charge in [0.05, 0.1) is 5.71 Å². The van der Waals surface area contributed by atoms with Crippen LogP contribution in [-0.4, -0.2) is 18.1 Å². The van der Waals surface area contributed by atoms with Crippen LogP contribution in [0.4, 0.5) is 0 Å². The van der Waals surface area contributed by atoms with Gasteiger partial charge in [0.2, 0.25) is 0 Å². The summed E-state index contributed by atoms with van der Waals surface area (Å²) >= 11 is 0. The van der Waals surface area contributed by atoms with E-state index in [0.717, 1.165) is 17.6 Å². The quantitative estimate of drug-likeness (QED) is 0.734. The Labute approximate surface area is 101 Å². The Morgan fingerprint density at radius 3 is 2.76 bits per heavy atom. The number of hydrogen-bond donors (Lipinski definition) is 0. The molecule has 0 fully saturated rings. The van der Waals surface area contributed by atoms with Gasteiger partial charge in [-0.05, 0) is 22.6 Å². The molecule has 1 heterocycles. The fraction of sp³-hybridized carbons (Fsp3) is 0.429. The third kappa shape index (κ3) is 2.54. The average Bonchev–Trinajstić information content (AvgIpc) is 2.76. The van der Waals surface area contributed by atoms with Gasteiger partial charge in [0.15, 0.2) is 12.4 Å². The molecule has 2 rings (SSSR count). The second-order valence-electron chi connectivity index (χ2n) is 5.35. The van der Waals surface area contributed by atoms with Crippen molar-refractivity contribution in [3.8, 4) is 0 Å². The predicted molar refractivity (Wildman–Crippen MR) is 67.2 cm³/mol. The molecule has 0 aromatic heterocycles. The van der Waals surface area contributed by atoms with Crippen LogP contribution in [0.1, 0.15) is 38.3 Å². The lowest BCUT2D eigenvalue weighted by molar-refractivity contribution is -0.116. The van der Waals surface area contributed by atoms with E-state index < -0.39 is 6.10 Å². The molecular formula is C14H17NO2. The monoisotopic (exact) mass is 231 g/mol. The van der Waals surface area contributed by atoms with Crippen molar-refractivity contribution in [1.82, 2.24) is 0 Å². The highest BCUT2D eigenvalue weighted by Gasteiger charge is 2.22. The standard InChI is InChI=1S/C14H17NO2/c1-14(2,3)11-6-4-5-10(7-11)13-8-12(9-16)17-15-13/h4-7,9,12H,8H2,1-3H3. The van der Waals surface area contributed by atoms with E-state index in [-0.39, 0.29) is 5.41 Å². The van der Waals surface area contributed by atoms with Crippen molar-refractivity contribution in [3.05, 3.63) is 35.4 Å². The Morgan fingerprint density at radius 2 is 2.18 bits per heavy atom. The Balaban J connectivity index is 2.26. The van der Waals surface area contributed by atoms with E-state index in [4.69, 9.17) is 4.84 Å². The number of rotatable bonds is 2. The van der Waals surface area contributed by atoms with E-state index in [1.807, 2.05) is 12.1 Å². The molecule has 1 aliphatic heterocycles. The van der Waals surface area contributed by atoms with Gasteiger partial charge in [-0.25, -0.2) is 0 Å². The number of hydrogen-bond acceptors (Lipinski definition) is 3. The molecular weight excluding hydrogens is 214 g/mol. The highest BCUT2D eigenvalue weighted by atomic mass is 16.6. The van der Waals surface area contributed by atoms with Gasteiger partial charge in [-0.1, -0.05) is 44.1 Å². The number of oxime groups is 1. The highest BCUT2D eigenvalue weighted by molar-refractivity contribution is 6.02. The first-order valence-corrected chi connectivity index (χ1v) is 5.79. The molecule has 3 heteroatoms. The molecule has 90 valence electrons. The summed E-state index contributed by atoms with van der Waals surface area (Å²) in [6, 6.07) is 8.25. The summed E-state index contributed by atoms with van der Waals surface area (Å²) in [5, 5.41) is 3.97. The van der Waals surface area contributed by atoms with Crippen LogP contribution in [0.2, 0.25) is 0 Å². The molecule has 1 aromatic carbocycles. The van der Waals surface area contributed by atoms with Crippen molar-refractivity contribution >= 4 is 12.0 Å². The number of carbonyl (C=O) groups excluding carboxylic acids is 1. The number of aldehydes is 1. The minimum absolute atomic E-state index is 0.111. The number of benzene rings is 1. The van der Waals surface area contributed by atoms with Crippen molar-refractivity contribution in [2.24, 2.45) is 5.16 Å². The van der Waals surface area contributed by atoms with E-state index in [0.29, 0.717) is 6.42 Å². The molecule has 1 unspecified atom stereocenters. The first-order chi connectivity index (χ1) is 8.00. The summed E-state index contributed by atoms with van der Waals surface area (Å²) in [4.78, 5) is 15.6. The van der Waals surface area contributed by atoms with Crippen molar-refractivity contribution in [2.75, 3.05) is 0 Å². The molecule has 17 heavy (non-hydrogen) atoms. The van der Waals surface area contributed by atoms with E-state index in [1.165, 1.54) is 5.56 Å². The zero-order valence-corrected chi connectivity index (χ0v) is 10.4. The molecule has 0 radical (unpaired) electrons. The normalized spacial score (nSPS) is 19.7. The van der Waals surface area contributed by atoms with Gasteiger partial charge in [0, 0.05) is 6.42 Å². The van der Waals surface area contributed by atoms with E-state index in [1.54, 1.807) is 0 Å². The Morgan fingerprint density at radius 1 is 1.41 bits per heavy atom. The fourth-order valence-corrected chi connectivity index (χ4v) is 1.81. The molecule has 0 spiro atoms. The Bertz CT molecular complexity index is 458. The highest BCUT2D eigenvalue weighted by Crippen LogP contribution is 2.24. The van der Waals surface area contributed by atoms with Crippen molar-refractivity contribution in [3.63, 3.8) is 0 Å². The maximum absolute atomic E-state index is 10.6. The lowest BCUT2D eigenvalue weighted by atomic mass is 9.85. The molecule has 3 nitrogen and oxygen atoms in total. The molecule has 0 saturated heterocycles. The van der Waals surface area contributed by atoms with Crippen LogP contribution in [-0.2, 0) is 15.0 Å². The van der Waals surface area contributed by atoms with Crippen LogP contribution in [0.5, 0.6) is 0 Å². The van der Waals surface area contributed by atoms with Crippen LogP contribution in [0, 0.1) is 0 Å². The van der Waals surface area contributed by atoms with Crippen LogP contribution in [0.15, 0.2) is 29.4 Å². The maximum atomic E-state index is 10.6. The van der Waals surface area contributed by atoms with E-state index >= 15 is 0 Å². The number of nitrogens with zero attached hydrogens (tertiary/aromatic N) is 1. The molecule has 0 aliphatic carbocycles. The van der Waals surface area contributed by atoms with Gasteiger partial charge in [-0.2, -0.15) is 0 Å². The summed E-state index contributed by atoms with van der Waals surface area (Å²) in [5.74, 6) is 0. The smallest absolute Gasteiger partial charge is 0.187 e. The molecule has 1 aliphatic rings. The second kappa shape index (κ2) is 4.32. The zero-order chi connectivity index (χ0) is 12.5. The molecule has 1 atom stereocenters. The molecule has 0 amide bonds. The summed E-state index contributed by atoms with van der Waals surface area (Å²) in [6.07, 6.45) is 0.949. The first kappa shape index (κ1) is 11.8. The maximum Gasteiger partial charge on any atom is 0.187 e. The number of carbonyl (C=O) groups is 1. The van der Waals surface area contributed by atoms with Gasteiger partial charge in [0.25, 0.3) is 0 Å². The van der Waals surface area contributed by atoms with Gasteiger partial charge < -0.3 is 4.84 Å². The summed E-state index contributed by atoms with van der Waals surface area (Å²) in [7, 11) is 0. The minimum atomic E-state index is -0.414.